The van der Waals surface area contributed by atoms with Crippen LogP contribution in [0, 0.1) is 0 Å². The van der Waals surface area contributed by atoms with Gasteiger partial charge in [0, 0.05) is 12.2 Å². The Kier molecular flexibility index (Phi) is 5.14. The van der Waals surface area contributed by atoms with E-state index in [0.717, 1.165) is 55.4 Å². The van der Waals surface area contributed by atoms with Gasteiger partial charge in [-0.15, -0.1) is 0 Å². The van der Waals surface area contributed by atoms with Gasteiger partial charge in [0.2, 0.25) is 6.79 Å². The number of cyclic esters (lactones) is 1. The van der Waals surface area contributed by atoms with Crippen LogP contribution in [-0.4, -0.2) is 57.2 Å². The van der Waals surface area contributed by atoms with Crippen molar-refractivity contribution < 1.29 is 23.7 Å². The first-order valence-electron chi connectivity index (χ1n) is 10.8. The first-order chi connectivity index (χ1) is 15.0. The van der Waals surface area contributed by atoms with Crippen molar-refractivity contribution in [1.82, 2.24) is 4.90 Å². The molecule has 7 nitrogen and oxygen atoms in total. The van der Waals surface area contributed by atoms with Gasteiger partial charge < -0.3 is 18.9 Å². The molecule has 3 heterocycles. The van der Waals surface area contributed by atoms with Gasteiger partial charge in [0.25, 0.3) is 0 Å². The summed E-state index contributed by atoms with van der Waals surface area (Å²) in [5, 5.41) is 0. The molecule has 7 heteroatoms. The van der Waals surface area contributed by atoms with Crippen LogP contribution in [-0.2, 0) is 10.2 Å². The van der Waals surface area contributed by atoms with Gasteiger partial charge in [-0.05, 0) is 73.3 Å². The number of hydrogen-bond acceptors (Lipinski definition) is 6. The van der Waals surface area contributed by atoms with Crippen molar-refractivity contribution in [3.63, 3.8) is 0 Å². The molecule has 31 heavy (non-hydrogen) atoms. The summed E-state index contributed by atoms with van der Waals surface area (Å²) in [6, 6.07) is 13.8. The third-order valence-corrected chi connectivity index (χ3v) is 6.75. The molecule has 0 saturated carbocycles. The molecule has 2 aromatic carbocycles. The van der Waals surface area contributed by atoms with E-state index in [-0.39, 0.29) is 17.6 Å². The number of fused-ring (bicyclic) bond motifs is 1. The molecule has 1 amide bonds. The molecule has 164 valence electrons. The second kappa shape index (κ2) is 7.96. The minimum absolute atomic E-state index is 0.110. The van der Waals surface area contributed by atoms with Crippen molar-refractivity contribution >= 4 is 11.8 Å². The molecule has 0 aliphatic carbocycles. The van der Waals surface area contributed by atoms with Gasteiger partial charge in [-0.3, -0.25) is 9.80 Å². The highest BCUT2D eigenvalue weighted by molar-refractivity contribution is 5.89. The number of amides is 1. The molecule has 2 aromatic rings. The molecule has 0 bridgehead atoms. The maximum atomic E-state index is 12.4. The van der Waals surface area contributed by atoms with Crippen LogP contribution in [0.3, 0.4) is 0 Å². The Balaban J connectivity index is 1.17. The van der Waals surface area contributed by atoms with Gasteiger partial charge in [-0.1, -0.05) is 13.0 Å². The van der Waals surface area contributed by atoms with Crippen molar-refractivity contribution in [3.05, 3.63) is 48.0 Å². The Bertz CT molecular complexity index is 953. The fourth-order valence-corrected chi connectivity index (χ4v) is 4.67. The standard InChI is InChI=1S/C24H28N2O5/c1-24(17-3-8-21-22(13-17)30-16-29-21)9-11-25(12-10-24)14-20-15-26(23(27)31-20)18-4-6-19(28-2)7-5-18/h3-8,13,20H,9-12,14-16H2,1-2H3/t20-/m0/s1. The molecule has 1 atom stereocenters. The third-order valence-electron chi connectivity index (χ3n) is 6.75. The molecular weight excluding hydrogens is 396 g/mol. The summed E-state index contributed by atoms with van der Waals surface area (Å²) in [6.45, 7) is 5.90. The molecule has 5 rings (SSSR count). The fourth-order valence-electron chi connectivity index (χ4n) is 4.67. The lowest BCUT2D eigenvalue weighted by Crippen LogP contribution is -2.44. The Labute approximate surface area is 182 Å². The SMILES string of the molecule is COc1ccc(N2C[C@H](CN3CCC(C)(c4ccc5c(c4)OCO5)CC3)OC2=O)cc1. The van der Waals surface area contributed by atoms with Crippen molar-refractivity contribution in [2.24, 2.45) is 0 Å². The predicted molar refractivity (Wildman–Crippen MR) is 116 cm³/mol. The lowest BCUT2D eigenvalue weighted by Gasteiger charge is -2.40. The normalized spacial score (nSPS) is 22.5. The largest absolute Gasteiger partial charge is 0.497 e. The summed E-state index contributed by atoms with van der Waals surface area (Å²) in [7, 11) is 1.63. The number of carbonyl (C=O) groups excluding carboxylic acids is 1. The van der Waals surface area contributed by atoms with Gasteiger partial charge in [0.1, 0.15) is 11.9 Å². The summed E-state index contributed by atoms with van der Waals surface area (Å²) in [5.74, 6) is 2.44. The predicted octanol–water partition coefficient (Wildman–Crippen LogP) is 3.80. The third kappa shape index (κ3) is 3.90. The maximum absolute atomic E-state index is 12.4. The number of hydrogen-bond donors (Lipinski definition) is 0. The molecule has 3 aliphatic rings. The fraction of sp³-hybridized carbons (Fsp3) is 0.458. The van der Waals surface area contributed by atoms with E-state index in [4.69, 9.17) is 18.9 Å². The molecule has 0 spiro atoms. The summed E-state index contributed by atoms with van der Waals surface area (Å²) in [6.07, 6.45) is 1.70. The van der Waals surface area contributed by atoms with Crippen LogP contribution in [0.15, 0.2) is 42.5 Å². The average molecular weight is 424 g/mol. The van der Waals surface area contributed by atoms with E-state index < -0.39 is 0 Å². The number of ether oxygens (including phenoxy) is 4. The number of likely N-dealkylation sites (tertiary alicyclic amines) is 1. The monoisotopic (exact) mass is 424 g/mol. The minimum Gasteiger partial charge on any atom is -0.497 e. The second-order valence-corrected chi connectivity index (χ2v) is 8.74. The summed E-state index contributed by atoms with van der Waals surface area (Å²) >= 11 is 0. The van der Waals surface area contributed by atoms with Crippen LogP contribution in [0.4, 0.5) is 10.5 Å². The number of benzene rings is 2. The van der Waals surface area contributed by atoms with Gasteiger partial charge in [0.05, 0.1) is 13.7 Å². The minimum atomic E-state index is -0.280. The topological polar surface area (TPSA) is 60.5 Å². The summed E-state index contributed by atoms with van der Waals surface area (Å²) < 4.78 is 21.9. The zero-order chi connectivity index (χ0) is 21.4. The van der Waals surface area contributed by atoms with E-state index in [9.17, 15) is 4.79 Å². The first kappa shape index (κ1) is 20.0. The molecule has 0 N–H and O–H groups in total. The number of nitrogens with zero attached hydrogens (tertiary/aromatic N) is 2. The molecule has 0 aromatic heterocycles. The van der Waals surface area contributed by atoms with Crippen LogP contribution in [0.25, 0.3) is 0 Å². The van der Waals surface area contributed by atoms with E-state index in [1.54, 1.807) is 12.0 Å². The maximum Gasteiger partial charge on any atom is 0.414 e. The number of rotatable bonds is 5. The zero-order valence-electron chi connectivity index (χ0n) is 18.0. The molecular formula is C24H28N2O5. The van der Waals surface area contributed by atoms with Crippen molar-refractivity contribution in [2.45, 2.75) is 31.3 Å². The number of anilines is 1. The average Bonchev–Trinajstić information content (AvgIpc) is 3.41. The zero-order valence-corrected chi connectivity index (χ0v) is 18.0. The van der Waals surface area contributed by atoms with Crippen molar-refractivity contribution in [2.75, 3.05) is 45.0 Å². The highest BCUT2D eigenvalue weighted by Gasteiger charge is 2.37. The van der Waals surface area contributed by atoms with Crippen LogP contribution in [0.1, 0.15) is 25.3 Å². The smallest absolute Gasteiger partial charge is 0.414 e. The number of carbonyl (C=O) groups is 1. The lowest BCUT2D eigenvalue weighted by atomic mass is 9.74. The van der Waals surface area contributed by atoms with Crippen molar-refractivity contribution in [1.29, 1.82) is 0 Å². The van der Waals surface area contributed by atoms with E-state index in [2.05, 4.69) is 24.0 Å². The Morgan fingerprint density at radius 1 is 1.06 bits per heavy atom. The van der Waals surface area contributed by atoms with Gasteiger partial charge in [-0.25, -0.2) is 4.79 Å². The number of piperidine rings is 1. The van der Waals surface area contributed by atoms with E-state index in [1.807, 2.05) is 30.3 Å². The van der Waals surface area contributed by atoms with E-state index >= 15 is 0 Å². The van der Waals surface area contributed by atoms with E-state index in [0.29, 0.717) is 13.3 Å². The summed E-state index contributed by atoms with van der Waals surface area (Å²) in [4.78, 5) is 16.5. The van der Waals surface area contributed by atoms with E-state index in [1.165, 1.54) is 5.56 Å². The van der Waals surface area contributed by atoms with Gasteiger partial charge >= 0.3 is 6.09 Å². The van der Waals surface area contributed by atoms with Crippen molar-refractivity contribution in [3.8, 4) is 17.2 Å². The lowest BCUT2D eigenvalue weighted by molar-refractivity contribution is 0.0873. The molecule has 3 aliphatic heterocycles. The van der Waals surface area contributed by atoms with Crippen LogP contribution < -0.4 is 19.1 Å². The Morgan fingerprint density at radius 2 is 1.81 bits per heavy atom. The quantitative estimate of drug-likeness (QED) is 0.728. The summed E-state index contributed by atoms with van der Waals surface area (Å²) in [5.41, 5.74) is 2.25. The van der Waals surface area contributed by atoms with Crippen LogP contribution >= 0.6 is 0 Å². The highest BCUT2D eigenvalue weighted by atomic mass is 16.7. The van der Waals surface area contributed by atoms with Gasteiger partial charge in [0.15, 0.2) is 11.5 Å². The first-order valence-corrected chi connectivity index (χ1v) is 10.8. The second-order valence-electron chi connectivity index (χ2n) is 8.74. The molecule has 0 unspecified atom stereocenters. The number of methoxy groups -OCH3 is 1. The molecule has 0 radical (unpaired) electrons. The Hall–Kier alpha value is -2.93. The van der Waals surface area contributed by atoms with Crippen LogP contribution in [0.5, 0.6) is 17.2 Å². The molecule has 2 saturated heterocycles. The highest BCUT2D eigenvalue weighted by Crippen LogP contribution is 2.41. The van der Waals surface area contributed by atoms with Crippen LogP contribution in [0.2, 0.25) is 0 Å². The van der Waals surface area contributed by atoms with Gasteiger partial charge in [-0.2, -0.15) is 0 Å². The molecule has 2 fully saturated rings. The Morgan fingerprint density at radius 3 is 2.55 bits per heavy atom.